The van der Waals surface area contributed by atoms with E-state index in [9.17, 15) is 13.2 Å². The zero-order valence-electron chi connectivity index (χ0n) is 13.4. The highest BCUT2D eigenvalue weighted by molar-refractivity contribution is 7.91. The second-order valence-electron chi connectivity index (χ2n) is 5.35. The van der Waals surface area contributed by atoms with Gasteiger partial charge in [-0.15, -0.1) is 5.10 Å². The summed E-state index contributed by atoms with van der Waals surface area (Å²) in [4.78, 5) is 12.1. The van der Waals surface area contributed by atoms with Gasteiger partial charge in [-0.1, -0.05) is 34.9 Å². The van der Waals surface area contributed by atoms with Crippen LogP contribution in [0.15, 0.2) is 63.9 Å². The second kappa shape index (κ2) is 7.67. The summed E-state index contributed by atoms with van der Waals surface area (Å²) in [6, 6.07) is 14.6. The van der Waals surface area contributed by atoms with Crippen molar-refractivity contribution in [2.24, 2.45) is 0 Å². The first-order chi connectivity index (χ1) is 12.4. The zero-order valence-corrected chi connectivity index (χ0v) is 15.0. The van der Waals surface area contributed by atoms with E-state index in [1.165, 1.54) is 12.1 Å². The van der Waals surface area contributed by atoms with E-state index in [4.69, 9.17) is 16.0 Å². The topological polar surface area (TPSA) is 102 Å². The highest BCUT2D eigenvalue weighted by Gasteiger charge is 2.17. The van der Waals surface area contributed by atoms with E-state index in [0.29, 0.717) is 10.6 Å². The van der Waals surface area contributed by atoms with Crippen molar-refractivity contribution in [3.05, 3.63) is 59.6 Å². The first-order valence-corrected chi connectivity index (χ1v) is 9.64. The summed E-state index contributed by atoms with van der Waals surface area (Å²) in [5.41, 5.74) is 0.647. The van der Waals surface area contributed by atoms with E-state index >= 15 is 0 Å². The van der Waals surface area contributed by atoms with Crippen molar-refractivity contribution in [1.82, 2.24) is 10.2 Å². The molecule has 0 saturated carbocycles. The van der Waals surface area contributed by atoms with Crippen molar-refractivity contribution < 1.29 is 17.6 Å². The standard InChI is InChI=1S/C17H14ClN3O4S/c18-13-8-6-12(7-9-13)16-20-21-17(25-16)19-15(22)10-11-26(23,24)14-4-2-1-3-5-14/h1-9H,10-11H2,(H,19,21,22). The number of carbonyl (C=O) groups is 1. The largest absolute Gasteiger partial charge is 0.403 e. The van der Waals surface area contributed by atoms with Gasteiger partial charge in [0, 0.05) is 17.0 Å². The number of rotatable bonds is 6. The van der Waals surface area contributed by atoms with Crippen LogP contribution in [-0.2, 0) is 14.6 Å². The number of aromatic nitrogens is 2. The van der Waals surface area contributed by atoms with Crippen molar-refractivity contribution in [3.8, 4) is 11.5 Å². The number of carbonyl (C=O) groups excluding carboxylic acids is 1. The lowest BCUT2D eigenvalue weighted by atomic mass is 10.2. The van der Waals surface area contributed by atoms with Crippen LogP contribution in [0.3, 0.4) is 0 Å². The van der Waals surface area contributed by atoms with Gasteiger partial charge in [-0.05, 0) is 36.4 Å². The van der Waals surface area contributed by atoms with E-state index in [1.807, 2.05) is 0 Å². The van der Waals surface area contributed by atoms with Gasteiger partial charge in [0.25, 0.3) is 0 Å². The number of amides is 1. The number of hydrogen-bond donors (Lipinski definition) is 1. The van der Waals surface area contributed by atoms with Gasteiger partial charge in [0.1, 0.15) is 0 Å². The van der Waals surface area contributed by atoms with E-state index in [0.717, 1.165) is 0 Å². The molecule has 9 heteroatoms. The van der Waals surface area contributed by atoms with E-state index in [-0.39, 0.29) is 29.0 Å². The fourth-order valence-corrected chi connectivity index (χ4v) is 3.52. The van der Waals surface area contributed by atoms with Crippen LogP contribution in [-0.4, -0.2) is 30.3 Å². The molecule has 1 aromatic heterocycles. The minimum Gasteiger partial charge on any atom is -0.403 e. The van der Waals surface area contributed by atoms with Crippen molar-refractivity contribution in [2.75, 3.05) is 11.1 Å². The highest BCUT2D eigenvalue weighted by Crippen LogP contribution is 2.21. The van der Waals surface area contributed by atoms with Crippen LogP contribution in [0.4, 0.5) is 6.01 Å². The summed E-state index contributed by atoms with van der Waals surface area (Å²) >= 11 is 5.82. The summed E-state index contributed by atoms with van der Waals surface area (Å²) in [6.07, 6.45) is -0.226. The Labute approximate surface area is 154 Å². The number of sulfone groups is 1. The first-order valence-electron chi connectivity index (χ1n) is 7.61. The Hall–Kier alpha value is -2.71. The second-order valence-corrected chi connectivity index (χ2v) is 7.89. The van der Waals surface area contributed by atoms with Crippen molar-refractivity contribution in [3.63, 3.8) is 0 Å². The van der Waals surface area contributed by atoms with Crippen LogP contribution in [0.5, 0.6) is 0 Å². The third-order valence-electron chi connectivity index (χ3n) is 3.46. The van der Waals surface area contributed by atoms with Gasteiger partial charge >= 0.3 is 6.01 Å². The van der Waals surface area contributed by atoms with Crippen molar-refractivity contribution in [2.45, 2.75) is 11.3 Å². The van der Waals surface area contributed by atoms with E-state index < -0.39 is 15.7 Å². The van der Waals surface area contributed by atoms with Gasteiger partial charge in [0.15, 0.2) is 9.84 Å². The van der Waals surface area contributed by atoms with Gasteiger partial charge < -0.3 is 4.42 Å². The van der Waals surface area contributed by atoms with Gasteiger partial charge in [-0.3, -0.25) is 10.1 Å². The number of hydrogen-bond acceptors (Lipinski definition) is 6. The molecule has 0 spiro atoms. The summed E-state index contributed by atoms with van der Waals surface area (Å²) in [7, 11) is -3.53. The molecule has 0 unspecified atom stereocenters. The Bertz CT molecular complexity index is 1000. The third-order valence-corrected chi connectivity index (χ3v) is 5.45. The van der Waals surface area contributed by atoms with Crippen LogP contribution < -0.4 is 5.32 Å². The quantitative estimate of drug-likeness (QED) is 0.692. The third kappa shape index (κ3) is 4.47. The lowest BCUT2D eigenvalue weighted by molar-refractivity contribution is -0.115. The van der Waals surface area contributed by atoms with Crippen LogP contribution in [0.2, 0.25) is 5.02 Å². The lowest BCUT2D eigenvalue weighted by Gasteiger charge is -2.03. The normalized spacial score (nSPS) is 11.3. The van der Waals surface area contributed by atoms with Gasteiger partial charge in [-0.2, -0.15) is 0 Å². The predicted octanol–water partition coefficient (Wildman–Crippen LogP) is 3.19. The molecule has 134 valence electrons. The van der Waals surface area contributed by atoms with Gasteiger partial charge in [0.05, 0.1) is 10.6 Å². The molecule has 0 saturated heterocycles. The number of nitrogens with one attached hydrogen (secondary N) is 1. The number of nitrogens with zero attached hydrogens (tertiary/aromatic N) is 2. The average Bonchev–Trinajstić information content (AvgIpc) is 3.10. The Morgan fingerprint density at radius 1 is 1.04 bits per heavy atom. The maximum atomic E-state index is 12.2. The fourth-order valence-electron chi connectivity index (χ4n) is 2.14. The van der Waals surface area contributed by atoms with Crippen molar-refractivity contribution >= 4 is 33.4 Å². The SMILES string of the molecule is O=C(CCS(=O)(=O)c1ccccc1)Nc1nnc(-c2ccc(Cl)cc2)o1. The summed E-state index contributed by atoms with van der Waals surface area (Å²) in [5.74, 6) is -0.634. The number of halogens is 1. The highest BCUT2D eigenvalue weighted by atomic mass is 35.5. The molecule has 1 heterocycles. The molecule has 0 atom stereocenters. The molecule has 0 fully saturated rings. The lowest BCUT2D eigenvalue weighted by Crippen LogP contribution is -2.17. The Kier molecular flexibility index (Phi) is 5.34. The fraction of sp³-hybridized carbons (Fsp3) is 0.118. The zero-order chi connectivity index (χ0) is 18.6. The summed E-state index contributed by atoms with van der Waals surface area (Å²) in [6.45, 7) is 0. The molecule has 0 radical (unpaired) electrons. The monoisotopic (exact) mass is 391 g/mol. The van der Waals surface area contributed by atoms with Crippen LogP contribution in [0.25, 0.3) is 11.5 Å². The molecular weight excluding hydrogens is 378 g/mol. The molecule has 1 amide bonds. The molecule has 7 nitrogen and oxygen atoms in total. The van der Waals surface area contributed by atoms with Gasteiger partial charge in [-0.25, -0.2) is 8.42 Å². The number of benzene rings is 2. The smallest absolute Gasteiger partial charge is 0.322 e. The molecule has 0 aliphatic heterocycles. The van der Waals surface area contributed by atoms with Crippen LogP contribution in [0, 0.1) is 0 Å². The maximum absolute atomic E-state index is 12.2. The molecule has 0 bridgehead atoms. The first kappa shape index (κ1) is 18.1. The average molecular weight is 392 g/mol. The number of anilines is 1. The molecule has 1 N–H and O–H groups in total. The molecular formula is C17H14ClN3O4S. The van der Waals surface area contributed by atoms with Crippen LogP contribution in [0.1, 0.15) is 6.42 Å². The maximum Gasteiger partial charge on any atom is 0.322 e. The van der Waals surface area contributed by atoms with Gasteiger partial charge in [0.2, 0.25) is 11.8 Å². The Morgan fingerprint density at radius 3 is 2.42 bits per heavy atom. The molecule has 0 aliphatic carbocycles. The summed E-state index contributed by atoms with van der Waals surface area (Å²) < 4.78 is 29.7. The molecule has 3 rings (SSSR count). The minimum absolute atomic E-state index is 0.0999. The predicted molar refractivity (Wildman–Crippen MR) is 96.5 cm³/mol. The molecule has 0 aliphatic rings. The molecule has 26 heavy (non-hydrogen) atoms. The Morgan fingerprint density at radius 2 is 1.73 bits per heavy atom. The van der Waals surface area contributed by atoms with Crippen LogP contribution >= 0.6 is 11.6 Å². The molecule has 3 aromatic rings. The van der Waals surface area contributed by atoms with E-state index in [1.54, 1.807) is 42.5 Å². The van der Waals surface area contributed by atoms with E-state index in [2.05, 4.69) is 15.5 Å². The summed E-state index contributed by atoms with van der Waals surface area (Å²) in [5, 5.41) is 10.5. The van der Waals surface area contributed by atoms with Crippen molar-refractivity contribution in [1.29, 1.82) is 0 Å². The minimum atomic E-state index is -3.53. The Balaban J connectivity index is 1.60. The molecule has 2 aromatic carbocycles.